The molecule has 0 aliphatic rings. The highest BCUT2D eigenvalue weighted by Gasteiger charge is 2.07. The summed E-state index contributed by atoms with van der Waals surface area (Å²) in [5, 5.41) is 10.1. The summed E-state index contributed by atoms with van der Waals surface area (Å²) in [6.07, 6.45) is 1.68. The lowest BCUT2D eigenvalue weighted by atomic mass is 10.1. The van der Waals surface area contributed by atoms with E-state index < -0.39 is 0 Å². The highest BCUT2D eigenvalue weighted by Crippen LogP contribution is 2.24. The van der Waals surface area contributed by atoms with Crippen molar-refractivity contribution >= 4 is 11.8 Å². The third kappa shape index (κ3) is 7.00. The maximum absolute atomic E-state index is 10.1. The molecule has 0 fully saturated rings. The van der Waals surface area contributed by atoms with Crippen LogP contribution in [0, 0.1) is 5.92 Å². The van der Waals surface area contributed by atoms with Gasteiger partial charge in [-0.1, -0.05) is 26.0 Å². The van der Waals surface area contributed by atoms with E-state index in [1.54, 1.807) is 0 Å². The number of nitrogens with zero attached hydrogens (tertiary/aromatic N) is 1. The van der Waals surface area contributed by atoms with Crippen molar-refractivity contribution < 1.29 is 5.11 Å². The largest absolute Gasteiger partial charge is 0.388 e. The fraction of sp³-hybridized carbons (Fsp3) is 0.625. The van der Waals surface area contributed by atoms with Crippen LogP contribution in [0.2, 0.25) is 0 Å². The van der Waals surface area contributed by atoms with Gasteiger partial charge >= 0.3 is 0 Å². The van der Waals surface area contributed by atoms with Gasteiger partial charge < -0.3 is 10.0 Å². The second-order valence-corrected chi connectivity index (χ2v) is 6.88. The van der Waals surface area contributed by atoms with Crippen molar-refractivity contribution in [2.75, 3.05) is 26.4 Å². The van der Waals surface area contributed by atoms with Gasteiger partial charge in [-0.3, -0.25) is 0 Å². The smallest absolute Gasteiger partial charge is 0.0802 e. The van der Waals surface area contributed by atoms with Crippen molar-refractivity contribution in [2.24, 2.45) is 5.92 Å². The minimum absolute atomic E-state index is 0.350. The summed E-state index contributed by atoms with van der Waals surface area (Å²) in [4.78, 5) is 3.39. The van der Waals surface area contributed by atoms with Crippen molar-refractivity contribution in [1.82, 2.24) is 4.90 Å². The van der Waals surface area contributed by atoms with E-state index >= 15 is 0 Å². The maximum Gasteiger partial charge on any atom is 0.0802 e. The van der Waals surface area contributed by atoms with Crippen molar-refractivity contribution in [3.63, 3.8) is 0 Å². The zero-order chi connectivity index (χ0) is 14.3. The zero-order valence-electron chi connectivity index (χ0n) is 12.6. The number of hydrogen-bond acceptors (Lipinski definition) is 3. The zero-order valence-corrected chi connectivity index (χ0v) is 13.4. The van der Waals surface area contributed by atoms with Crippen LogP contribution in [0.5, 0.6) is 0 Å². The average molecular weight is 281 g/mol. The van der Waals surface area contributed by atoms with Crippen molar-refractivity contribution in [3.8, 4) is 0 Å². The molecular formula is C16H27NOS. The summed E-state index contributed by atoms with van der Waals surface area (Å²) in [7, 11) is 4.06. The topological polar surface area (TPSA) is 23.5 Å². The Labute approximate surface area is 122 Å². The molecule has 0 saturated heterocycles. The van der Waals surface area contributed by atoms with Crippen LogP contribution in [0.1, 0.15) is 38.4 Å². The van der Waals surface area contributed by atoms with Gasteiger partial charge in [0.05, 0.1) is 6.10 Å². The number of aliphatic hydroxyl groups excluding tert-OH is 1. The van der Waals surface area contributed by atoms with Crippen LogP contribution in [0.15, 0.2) is 29.2 Å². The molecule has 0 radical (unpaired) electrons. The molecular weight excluding hydrogens is 254 g/mol. The van der Waals surface area contributed by atoms with Crippen molar-refractivity contribution in [1.29, 1.82) is 0 Å². The van der Waals surface area contributed by atoms with Crippen LogP contribution in [0.3, 0.4) is 0 Å². The lowest BCUT2D eigenvalue weighted by Gasteiger charge is -2.15. The van der Waals surface area contributed by atoms with Gasteiger partial charge in [-0.05, 0) is 56.3 Å². The molecule has 0 bridgehead atoms. The Morgan fingerprint density at radius 3 is 2.26 bits per heavy atom. The molecule has 0 heterocycles. The van der Waals surface area contributed by atoms with E-state index in [0.717, 1.165) is 24.4 Å². The Bertz CT molecular complexity index is 348. The van der Waals surface area contributed by atoms with Gasteiger partial charge in [0.25, 0.3) is 0 Å². The molecule has 1 unspecified atom stereocenters. The van der Waals surface area contributed by atoms with Gasteiger partial charge in [0.2, 0.25) is 0 Å². The van der Waals surface area contributed by atoms with E-state index in [0.29, 0.717) is 0 Å². The molecule has 0 aliphatic carbocycles. The Balaban J connectivity index is 2.42. The lowest BCUT2D eigenvalue weighted by Crippen LogP contribution is -2.15. The molecule has 0 aromatic heterocycles. The van der Waals surface area contributed by atoms with Crippen LogP contribution in [0.4, 0.5) is 0 Å². The normalized spacial score (nSPS) is 13.2. The van der Waals surface area contributed by atoms with E-state index in [4.69, 9.17) is 0 Å². The summed E-state index contributed by atoms with van der Waals surface area (Å²) in [6, 6.07) is 8.36. The standard InChI is InChI=1S/C16H27NOS/c1-13(2)10-12-19-15-7-5-14(6-8-15)16(18)9-11-17(3)4/h5-8,13,16,18H,9-12H2,1-4H3. The monoisotopic (exact) mass is 281 g/mol. The predicted octanol–water partition coefficient (Wildman–Crippen LogP) is 3.81. The summed E-state index contributed by atoms with van der Waals surface area (Å²) in [6.45, 7) is 5.42. The van der Waals surface area contributed by atoms with Gasteiger partial charge in [0.1, 0.15) is 0 Å². The number of hydrogen-bond donors (Lipinski definition) is 1. The molecule has 1 rings (SSSR count). The molecule has 3 heteroatoms. The van der Waals surface area contributed by atoms with Gasteiger partial charge in [-0.15, -0.1) is 11.8 Å². The van der Waals surface area contributed by atoms with E-state index in [-0.39, 0.29) is 6.10 Å². The Kier molecular flexibility index (Phi) is 7.51. The van der Waals surface area contributed by atoms with Gasteiger partial charge in [-0.2, -0.15) is 0 Å². The summed E-state index contributed by atoms with van der Waals surface area (Å²) >= 11 is 1.90. The quantitative estimate of drug-likeness (QED) is 0.733. The summed E-state index contributed by atoms with van der Waals surface area (Å²) in [5.74, 6) is 1.93. The van der Waals surface area contributed by atoms with Crippen LogP contribution >= 0.6 is 11.8 Å². The minimum atomic E-state index is -0.350. The molecule has 1 aromatic rings. The minimum Gasteiger partial charge on any atom is -0.388 e. The van der Waals surface area contributed by atoms with Crippen LogP contribution in [0.25, 0.3) is 0 Å². The third-order valence-electron chi connectivity index (χ3n) is 3.08. The number of aliphatic hydroxyl groups is 1. The first kappa shape index (κ1) is 16.5. The molecule has 2 nitrogen and oxygen atoms in total. The Morgan fingerprint density at radius 1 is 1.11 bits per heavy atom. The summed E-state index contributed by atoms with van der Waals surface area (Å²) < 4.78 is 0. The van der Waals surface area contributed by atoms with Crippen LogP contribution < -0.4 is 0 Å². The van der Waals surface area contributed by atoms with Crippen LogP contribution in [-0.4, -0.2) is 36.4 Å². The van der Waals surface area contributed by atoms with Gasteiger partial charge in [0, 0.05) is 11.4 Å². The fourth-order valence-corrected chi connectivity index (χ4v) is 2.90. The van der Waals surface area contributed by atoms with Crippen molar-refractivity contribution in [3.05, 3.63) is 29.8 Å². The number of benzene rings is 1. The predicted molar refractivity (Wildman–Crippen MR) is 84.8 cm³/mol. The third-order valence-corrected chi connectivity index (χ3v) is 4.12. The molecule has 0 saturated carbocycles. The first-order valence-electron chi connectivity index (χ1n) is 7.04. The SMILES string of the molecule is CC(C)CCSc1ccc(C(O)CCN(C)C)cc1. The number of rotatable bonds is 8. The van der Waals surface area contributed by atoms with E-state index in [9.17, 15) is 5.11 Å². The average Bonchev–Trinajstić information content (AvgIpc) is 2.36. The number of thioether (sulfide) groups is 1. The molecule has 1 atom stereocenters. The second-order valence-electron chi connectivity index (χ2n) is 5.71. The highest BCUT2D eigenvalue weighted by atomic mass is 32.2. The molecule has 19 heavy (non-hydrogen) atoms. The Hall–Kier alpha value is -0.510. The van der Waals surface area contributed by atoms with Gasteiger partial charge in [0.15, 0.2) is 0 Å². The van der Waals surface area contributed by atoms with E-state index in [1.165, 1.54) is 17.1 Å². The Morgan fingerprint density at radius 2 is 1.74 bits per heavy atom. The van der Waals surface area contributed by atoms with Crippen molar-refractivity contribution in [2.45, 2.75) is 37.7 Å². The fourth-order valence-electron chi connectivity index (χ4n) is 1.75. The molecule has 1 aromatic carbocycles. The second kappa shape index (κ2) is 8.62. The molecule has 0 aliphatic heterocycles. The molecule has 1 N–H and O–H groups in total. The maximum atomic E-state index is 10.1. The van der Waals surface area contributed by atoms with Gasteiger partial charge in [-0.25, -0.2) is 0 Å². The summed E-state index contributed by atoms with van der Waals surface area (Å²) in [5.41, 5.74) is 1.02. The van der Waals surface area contributed by atoms with E-state index in [2.05, 4.69) is 43.0 Å². The first-order chi connectivity index (χ1) is 8.99. The first-order valence-corrected chi connectivity index (χ1v) is 8.03. The lowest BCUT2D eigenvalue weighted by molar-refractivity contribution is 0.154. The molecule has 0 spiro atoms. The van der Waals surface area contributed by atoms with Crippen LogP contribution in [-0.2, 0) is 0 Å². The highest BCUT2D eigenvalue weighted by molar-refractivity contribution is 7.99. The van der Waals surface area contributed by atoms with E-state index in [1.807, 2.05) is 25.9 Å². The molecule has 108 valence electrons. The molecule has 0 amide bonds.